The number of hydrogen-bond acceptors (Lipinski definition) is 0. The smallest absolute Gasteiger partial charge is 0.106 e. The van der Waals surface area contributed by atoms with Crippen molar-refractivity contribution >= 4 is 23.6 Å². The molecule has 0 N–H and O–H groups in total. The van der Waals surface area contributed by atoms with Crippen molar-refractivity contribution in [3.8, 4) is 0 Å². The van der Waals surface area contributed by atoms with E-state index in [1.165, 1.54) is 15.6 Å². The molecule has 0 aliphatic rings. The first kappa shape index (κ1) is 13.6. The van der Waals surface area contributed by atoms with Crippen LogP contribution in [0.1, 0.15) is 0 Å². The molecule has 3 aromatic carbocycles. The van der Waals surface area contributed by atoms with E-state index < -0.39 is 8.07 Å². The molecule has 0 aromatic heterocycles. The Morgan fingerprint density at radius 3 is 1.67 bits per heavy atom. The highest BCUT2D eigenvalue weighted by Gasteiger charge is 2.36. The van der Waals surface area contributed by atoms with Gasteiger partial charge in [0.05, 0.1) is 0 Å². The summed E-state index contributed by atoms with van der Waals surface area (Å²) in [6.45, 7) is 4.20. The average molecular weight is 285 g/mol. The van der Waals surface area contributed by atoms with Gasteiger partial charge in [0.2, 0.25) is 0 Å². The van der Waals surface area contributed by atoms with E-state index in [0.29, 0.717) is 0 Å². The molecule has 0 spiro atoms. The molecule has 0 unspecified atom stereocenters. The van der Waals surface area contributed by atoms with Crippen molar-refractivity contribution in [2.45, 2.75) is 0 Å². The van der Waals surface area contributed by atoms with E-state index >= 15 is 0 Å². The summed E-state index contributed by atoms with van der Waals surface area (Å²) in [5.74, 6) is 0. The minimum atomic E-state index is -2.19. The van der Waals surface area contributed by atoms with Gasteiger partial charge in [-0.15, -0.1) is 6.58 Å². The second-order valence-corrected chi connectivity index (χ2v) is 8.74. The summed E-state index contributed by atoms with van der Waals surface area (Å²) in [6, 6.07) is 33.1. The molecule has 3 rings (SSSR count). The summed E-state index contributed by atoms with van der Waals surface area (Å²) in [5, 5.41) is 3.93. The average Bonchev–Trinajstić information content (AvgIpc) is 2.59. The van der Waals surface area contributed by atoms with Gasteiger partial charge in [-0.25, -0.2) is 0 Å². The first-order chi connectivity index (χ1) is 10.4. The zero-order valence-electron chi connectivity index (χ0n) is 11.9. The van der Waals surface area contributed by atoms with Crippen molar-refractivity contribution in [1.82, 2.24) is 0 Å². The minimum absolute atomic E-state index is 1.25. The van der Waals surface area contributed by atoms with Crippen molar-refractivity contribution in [2.24, 2.45) is 0 Å². The predicted octanol–water partition coefficient (Wildman–Crippen LogP) is 2.68. The summed E-state index contributed by atoms with van der Waals surface area (Å²) in [5.41, 5.74) is 2.16. The fraction of sp³-hybridized carbons (Fsp3) is 0. The van der Waals surface area contributed by atoms with E-state index in [0.717, 1.165) is 0 Å². The maximum absolute atomic E-state index is 4.20. The maximum atomic E-state index is 4.20. The number of benzene rings is 3. The summed E-state index contributed by atoms with van der Waals surface area (Å²) < 4.78 is 0. The highest BCUT2D eigenvalue weighted by atomic mass is 28.3. The lowest BCUT2D eigenvalue weighted by atomic mass is 10.3. The van der Waals surface area contributed by atoms with Gasteiger partial charge in [0, 0.05) is 0 Å². The highest BCUT2D eigenvalue weighted by molar-refractivity contribution is 7.14. The standard InChI is InChI=1S/C20H17Si/c1-2-21(18-12-6-3-7-13-18,19-14-8-4-9-15-19)20-16-10-5-11-17-20/h2-16H,1H2. The Hall–Kier alpha value is -2.38. The van der Waals surface area contributed by atoms with Gasteiger partial charge in [0.1, 0.15) is 0 Å². The van der Waals surface area contributed by atoms with Crippen LogP contribution in [0.15, 0.2) is 97.2 Å². The van der Waals surface area contributed by atoms with Crippen LogP contribution in [0.4, 0.5) is 0 Å². The lowest BCUT2D eigenvalue weighted by Crippen LogP contribution is -2.65. The number of hydrogen-bond donors (Lipinski definition) is 0. The summed E-state index contributed by atoms with van der Waals surface area (Å²) in [7, 11) is -2.19. The molecular weight excluding hydrogens is 268 g/mol. The summed E-state index contributed by atoms with van der Waals surface area (Å²) in [6.07, 6.45) is 0. The van der Waals surface area contributed by atoms with Gasteiger partial charge in [0.15, 0.2) is 8.07 Å². The van der Waals surface area contributed by atoms with Gasteiger partial charge < -0.3 is 0 Å². The van der Waals surface area contributed by atoms with Crippen LogP contribution in [0, 0.1) is 6.07 Å². The molecule has 0 heterocycles. The predicted molar refractivity (Wildman–Crippen MR) is 93.0 cm³/mol. The molecule has 0 nitrogen and oxygen atoms in total. The maximum Gasteiger partial charge on any atom is 0.172 e. The lowest BCUT2D eigenvalue weighted by Gasteiger charge is -2.30. The number of rotatable bonds is 4. The van der Waals surface area contributed by atoms with Gasteiger partial charge in [-0.1, -0.05) is 90.6 Å². The van der Waals surface area contributed by atoms with E-state index in [2.05, 4.69) is 91.1 Å². The summed E-state index contributed by atoms with van der Waals surface area (Å²) >= 11 is 0. The third-order valence-corrected chi connectivity index (χ3v) is 8.16. The molecular formula is C20H17Si. The Balaban J connectivity index is 2.31. The van der Waals surface area contributed by atoms with E-state index in [-0.39, 0.29) is 0 Å². The summed E-state index contributed by atoms with van der Waals surface area (Å²) in [4.78, 5) is 0. The van der Waals surface area contributed by atoms with Gasteiger partial charge >= 0.3 is 0 Å². The van der Waals surface area contributed by atoms with E-state index in [1.807, 2.05) is 12.1 Å². The monoisotopic (exact) mass is 285 g/mol. The Kier molecular flexibility index (Phi) is 3.84. The van der Waals surface area contributed by atoms with Crippen LogP contribution in [0.3, 0.4) is 0 Å². The van der Waals surface area contributed by atoms with Gasteiger partial charge in [-0.2, -0.15) is 0 Å². The molecule has 0 aliphatic carbocycles. The molecule has 101 valence electrons. The Morgan fingerprint density at radius 1 is 0.714 bits per heavy atom. The quantitative estimate of drug-likeness (QED) is 0.511. The fourth-order valence-corrected chi connectivity index (χ4v) is 6.62. The third kappa shape index (κ3) is 2.37. The second kappa shape index (κ2) is 5.94. The van der Waals surface area contributed by atoms with Crippen LogP contribution in [0.2, 0.25) is 0 Å². The van der Waals surface area contributed by atoms with Crippen LogP contribution >= 0.6 is 0 Å². The zero-order valence-corrected chi connectivity index (χ0v) is 12.9. The van der Waals surface area contributed by atoms with Crippen molar-refractivity contribution in [1.29, 1.82) is 0 Å². The molecule has 0 saturated carbocycles. The van der Waals surface area contributed by atoms with Crippen molar-refractivity contribution in [3.63, 3.8) is 0 Å². The first-order valence-corrected chi connectivity index (χ1v) is 9.17. The van der Waals surface area contributed by atoms with Crippen LogP contribution in [0.5, 0.6) is 0 Å². The molecule has 21 heavy (non-hydrogen) atoms. The molecule has 0 atom stereocenters. The third-order valence-electron chi connectivity index (χ3n) is 3.90. The minimum Gasteiger partial charge on any atom is -0.106 e. The Labute approximate surface area is 127 Å². The molecule has 0 aliphatic heterocycles. The second-order valence-electron chi connectivity index (χ2n) is 5.02. The van der Waals surface area contributed by atoms with Crippen LogP contribution in [-0.2, 0) is 0 Å². The van der Waals surface area contributed by atoms with E-state index in [9.17, 15) is 0 Å². The zero-order chi connectivity index (χ0) is 14.5. The van der Waals surface area contributed by atoms with Crippen LogP contribution in [-0.4, -0.2) is 8.07 Å². The Bertz CT molecular complexity index is 606. The largest absolute Gasteiger partial charge is 0.172 e. The van der Waals surface area contributed by atoms with Gasteiger partial charge in [-0.3, -0.25) is 0 Å². The fourth-order valence-electron chi connectivity index (χ4n) is 2.86. The van der Waals surface area contributed by atoms with Crippen molar-refractivity contribution < 1.29 is 0 Å². The SMILES string of the molecule is C=C[Si](c1[c]cccc1)(c1ccccc1)c1ccccc1. The molecule has 1 radical (unpaired) electrons. The molecule has 0 saturated heterocycles. The van der Waals surface area contributed by atoms with Gasteiger partial charge in [0.25, 0.3) is 0 Å². The van der Waals surface area contributed by atoms with Crippen molar-refractivity contribution in [3.05, 3.63) is 103 Å². The molecule has 3 aromatic rings. The first-order valence-electron chi connectivity index (χ1n) is 7.10. The molecule has 0 amide bonds. The van der Waals surface area contributed by atoms with Crippen LogP contribution in [0.25, 0.3) is 0 Å². The van der Waals surface area contributed by atoms with E-state index in [4.69, 9.17) is 0 Å². The van der Waals surface area contributed by atoms with E-state index in [1.54, 1.807) is 0 Å². The molecule has 1 heteroatoms. The van der Waals surface area contributed by atoms with Crippen molar-refractivity contribution in [2.75, 3.05) is 0 Å². The molecule has 0 fully saturated rings. The lowest BCUT2D eigenvalue weighted by molar-refractivity contribution is 1.68. The van der Waals surface area contributed by atoms with Gasteiger partial charge in [-0.05, 0) is 21.6 Å². The molecule has 0 bridgehead atoms. The highest BCUT2D eigenvalue weighted by Crippen LogP contribution is 2.08. The Morgan fingerprint density at radius 2 is 1.24 bits per heavy atom. The topological polar surface area (TPSA) is 0 Å². The van der Waals surface area contributed by atoms with Crippen LogP contribution < -0.4 is 15.6 Å². The normalized spacial score (nSPS) is 11.0.